The Morgan fingerprint density at radius 2 is 2.07 bits per heavy atom. The van der Waals surface area contributed by atoms with Crippen LogP contribution >= 0.6 is 31.9 Å². The highest BCUT2D eigenvalue weighted by atomic mass is 79.9. The molecule has 0 fully saturated rings. The second-order valence-corrected chi connectivity index (χ2v) is 4.24. The molecule has 0 spiro atoms. The largest absolute Gasteiger partial charge is 0.435 e. The second-order valence-electron chi connectivity index (χ2n) is 2.59. The Morgan fingerprint density at radius 1 is 1.40 bits per heavy atom. The minimum absolute atomic E-state index is 0.0327. The van der Waals surface area contributed by atoms with E-state index in [1.165, 1.54) is 12.1 Å². The van der Waals surface area contributed by atoms with Gasteiger partial charge in [0.25, 0.3) is 0 Å². The summed E-state index contributed by atoms with van der Waals surface area (Å²) in [4.78, 5) is 0. The minimum atomic E-state index is -2.87. The molecule has 0 aliphatic carbocycles. The van der Waals surface area contributed by atoms with Crippen molar-refractivity contribution >= 4 is 31.9 Å². The number of rotatable bonds is 3. The Morgan fingerprint density at radius 3 is 2.60 bits per heavy atom. The normalized spacial score (nSPS) is 10.1. The summed E-state index contributed by atoms with van der Waals surface area (Å²) in [5.41, 5.74) is 0.600. The molecule has 0 aliphatic rings. The van der Waals surface area contributed by atoms with Gasteiger partial charge >= 0.3 is 6.61 Å². The summed E-state index contributed by atoms with van der Waals surface area (Å²) in [5, 5.41) is 8.53. The SMILES string of the molecule is N#CCc1cc(OC(F)F)cc(Br)c1Br. The number of nitriles is 1. The quantitative estimate of drug-likeness (QED) is 0.836. The Balaban J connectivity index is 3.06. The molecule has 0 N–H and O–H groups in total. The zero-order chi connectivity index (χ0) is 11.4. The number of halogens is 4. The minimum Gasteiger partial charge on any atom is -0.435 e. The standard InChI is InChI=1S/C9H5Br2F2NO/c10-7-4-6(15-9(12)13)3-5(1-2-14)8(7)11/h3-4,9H,1H2. The number of hydrogen-bond acceptors (Lipinski definition) is 2. The fourth-order valence-electron chi connectivity index (χ4n) is 1.00. The molecule has 1 rings (SSSR count). The summed E-state index contributed by atoms with van der Waals surface area (Å²) in [5.74, 6) is 0.0327. The van der Waals surface area contributed by atoms with Gasteiger partial charge in [-0.05, 0) is 49.6 Å². The molecule has 2 nitrogen and oxygen atoms in total. The van der Waals surface area contributed by atoms with E-state index in [2.05, 4.69) is 36.6 Å². The van der Waals surface area contributed by atoms with Gasteiger partial charge in [0.2, 0.25) is 0 Å². The molecule has 0 heterocycles. The van der Waals surface area contributed by atoms with Gasteiger partial charge in [0.15, 0.2) is 0 Å². The van der Waals surface area contributed by atoms with Crippen molar-refractivity contribution in [2.24, 2.45) is 0 Å². The van der Waals surface area contributed by atoms with Gasteiger partial charge in [0.05, 0.1) is 12.5 Å². The van der Waals surface area contributed by atoms with E-state index in [0.29, 0.717) is 14.5 Å². The van der Waals surface area contributed by atoms with Gasteiger partial charge in [-0.3, -0.25) is 0 Å². The van der Waals surface area contributed by atoms with Crippen molar-refractivity contribution < 1.29 is 13.5 Å². The van der Waals surface area contributed by atoms with Crippen LogP contribution in [0.2, 0.25) is 0 Å². The van der Waals surface area contributed by atoms with Gasteiger partial charge < -0.3 is 4.74 Å². The highest BCUT2D eigenvalue weighted by Crippen LogP contribution is 2.32. The zero-order valence-corrected chi connectivity index (χ0v) is 10.5. The van der Waals surface area contributed by atoms with Gasteiger partial charge in [-0.25, -0.2) is 0 Å². The van der Waals surface area contributed by atoms with Crippen LogP contribution in [0.4, 0.5) is 8.78 Å². The molecule has 0 saturated heterocycles. The number of benzene rings is 1. The summed E-state index contributed by atoms with van der Waals surface area (Å²) in [6, 6.07) is 4.76. The molecule has 15 heavy (non-hydrogen) atoms. The van der Waals surface area contributed by atoms with Crippen molar-refractivity contribution in [1.82, 2.24) is 0 Å². The summed E-state index contributed by atoms with van der Waals surface area (Å²) in [7, 11) is 0. The summed E-state index contributed by atoms with van der Waals surface area (Å²) in [6.07, 6.45) is 0.125. The van der Waals surface area contributed by atoms with Crippen LogP contribution in [-0.2, 0) is 6.42 Å². The maximum atomic E-state index is 12.0. The van der Waals surface area contributed by atoms with Gasteiger partial charge in [-0.2, -0.15) is 14.0 Å². The monoisotopic (exact) mass is 339 g/mol. The van der Waals surface area contributed by atoms with Crippen LogP contribution < -0.4 is 4.74 Å². The Labute approximate surface area is 102 Å². The predicted molar refractivity (Wildman–Crippen MR) is 57.8 cm³/mol. The van der Waals surface area contributed by atoms with Crippen LogP contribution in [0.3, 0.4) is 0 Å². The number of ether oxygens (including phenoxy) is 1. The average Bonchev–Trinajstić information content (AvgIpc) is 2.12. The molecule has 80 valence electrons. The van der Waals surface area contributed by atoms with Crippen LogP contribution in [0, 0.1) is 11.3 Å². The first-order valence-electron chi connectivity index (χ1n) is 3.84. The number of hydrogen-bond donors (Lipinski definition) is 0. The third-order valence-electron chi connectivity index (χ3n) is 1.57. The van der Waals surface area contributed by atoms with Gasteiger partial charge in [-0.1, -0.05) is 0 Å². The van der Waals surface area contributed by atoms with Gasteiger partial charge in [0.1, 0.15) is 5.75 Å². The first-order valence-corrected chi connectivity index (χ1v) is 5.43. The number of alkyl halides is 2. The molecule has 0 saturated carbocycles. The van der Waals surface area contributed by atoms with Crippen LogP contribution in [0.15, 0.2) is 21.1 Å². The highest BCUT2D eigenvalue weighted by Gasteiger charge is 2.10. The molecular formula is C9H5Br2F2NO. The van der Waals surface area contributed by atoms with Gasteiger partial charge in [0, 0.05) is 8.95 Å². The molecule has 0 atom stereocenters. The highest BCUT2D eigenvalue weighted by molar-refractivity contribution is 9.13. The lowest BCUT2D eigenvalue weighted by Crippen LogP contribution is -2.02. The first kappa shape index (κ1) is 12.4. The van der Waals surface area contributed by atoms with Crippen molar-refractivity contribution in [3.05, 3.63) is 26.6 Å². The van der Waals surface area contributed by atoms with Crippen LogP contribution in [0.1, 0.15) is 5.56 Å². The smallest absolute Gasteiger partial charge is 0.387 e. The fourth-order valence-corrected chi connectivity index (χ4v) is 1.85. The van der Waals surface area contributed by atoms with E-state index in [1.807, 2.05) is 6.07 Å². The fraction of sp³-hybridized carbons (Fsp3) is 0.222. The van der Waals surface area contributed by atoms with E-state index < -0.39 is 6.61 Å². The van der Waals surface area contributed by atoms with E-state index in [-0.39, 0.29) is 12.2 Å². The Bertz CT molecular complexity index is 404. The van der Waals surface area contributed by atoms with E-state index in [9.17, 15) is 8.78 Å². The average molecular weight is 341 g/mol. The molecule has 6 heteroatoms. The molecule has 1 aromatic rings. The molecule has 0 amide bonds. The van der Waals surface area contributed by atoms with Crippen molar-refractivity contribution in [3.63, 3.8) is 0 Å². The lowest BCUT2D eigenvalue weighted by atomic mass is 10.1. The summed E-state index contributed by atoms with van der Waals surface area (Å²) in [6.45, 7) is -2.87. The van der Waals surface area contributed by atoms with E-state index in [0.717, 1.165) is 0 Å². The second kappa shape index (κ2) is 5.42. The molecular weight excluding hydrogens is 336 g/mol. The van der Waals surface area contributed by atoms with Crippen LogP contribution in [0.5, 0.6) is 5.75 Å². The van der Waals surface area contributed by atoms with Crippen molar-refractivity contribution in [1.29, 1.82) is 5.26 Å². The molecule has 0 radical (unpaired) electrons. The summed E-state index contributed by atoms with van der Waals surface area (Å²) >= 11 is 6.42. The topological polar surface area (TPSA) is 33.0 Å². The third kappa shape index (κ3) is 3.43. The Hall–Kier alpha value is -0.670. The summed E-state index contributed by atoms with van der Waals surface area (Å²) < 4.78 is 29.4. The maximum Gasteiger partial charge on any atom is 0.387 e. The molecule has 0 unspecified atom stereocenters. The molecule has 0 bridgehead atoms. The van der Waals surface area contributed by atoms with Gasteiger partial charge in [-0.15, -0.1) is 0 Å². The van der Waals surface area contributed by atoms with Crippen molar-refractivity contribution in [2.45, 2.75) is 13.0 Å². The van der Waals surface area contributed by atoms with E-state index in [1.54, 1.807) is 0 Å². The van der Waals surface area contributed by atoms with E-state index >= 15 is 0 Å². The Kier molecular flexibility index (Phi) is 4.48. The third-order valence-corrected chi connectivity index (χ3v) is 3.67. The lowest BCUT2D eigenvalue weighted by Gasteiger charge is -2.08. The van der Waals surface area contributed by atoms with E-state index in [4.69, 9.17) is 5.26 Å². The lowest BCUT2D eigenvalue weighted by molar-refractivity contribution is -0.0499. The first-order chi connectivity index (χ1) is 7.04. The molecule has 0 aliphatic heterocycles. The van der Waals surface area contributed by atoms with Crippen LogP contribution in [0.25, 0.3) is 0 Å². The van der Waals surface area contributed by atoms with Crippen molar-refractivity contribution in [3.8, 4) is 11.8 Å². The number of nitrogens with zero attached hydrogens (tertiary/aromatic N) is 1. The zero-order valence-electron chi connectivity index (χ0n) is 7.31. The van der Waals surface area contributed by atoms with Crippen LogP contribution in [-0.4, -0.2) is 6.61 Å². The molecule has 1 aromatic carbocycles. The predicted octanol–water partition coefficient (Wildman–Crippen LogP) is 3.88. The molecule has 0 aromatic heterocycles. The maximum absolute atomic E-state index is 12.0. The van der Waals surface area contributed by atoms with Crippen molar-refractivity contribution in [2.75, 3.05) is 0 Å².